The molecule has 90 valence electrons. The number of nitrogens with zero attached hydrogens (tertiary/aromatic N) is 2. The zero-order valence-corrected chi connectivity index (χ0v) is 10.3. The first kappa shape index (κ1) is 11.8. The van der Waals surface area contributed by atoms with Crippen molar-refractivity contribution in [3.05, 3.63) is 10.6 Å². The maximum Gasteiger partial charge on any atom is 0.195 e. The molecular formula is C11H19N3OS. The highest BCUT2D eigenvalue weighted by Crippen LogP contribution is 2.28. The lowest BCUT2D eigenvalue weighted by Crippen LogP contribution is -2.05. The molecule has 1 aliphatic rings. The van der Waals surface area contributed by atoms with Gasteiger partial charge in [-0.15, -0.1) is 0 Å². The Balaban J connectivity index is 1.84. The summed E-state index contributed by atoms with van der Waals surface area (Å²) in [6.45, 7) is 0.832. The van der Waals surface area contributed by atoms with Gasteiger partial charge in [-0.2, -0.15) is 5.10 Å². The number of H-pyrrole nitrogens is 1. The lowest BCUT2D eigenvalue weighted by molar-refractivity contribution is 0.263. The van der Waals surface area contributed by atoms with E-state index in [1.165, 1.54) is 32.1 Å². The molecule has 16 heavy (non-hydrogen) atoms. The maximum absolute atomic E-state index is 9.09. The fourth-order valence-electron chi connectivity index (χ4n) is 2.54. The second kappa shape index (κ2) is 5.59. The van der Waals surface area contributed by atoms with E-state index in [1.54, 1.807) is 0 Å². The van der Waals surface area contributed by atoms with Crippen LogP contribution in [-0.4, -0.2) is 19.9 Å². The van der Waals surface area contributed by atoms with Gasteiger partial charge in [0, 0.05) is 6.54 Å². The molecule has 0 radical (unpaired) electrons. The summed E-state index contributed by atoms with van der Waals surface area (Å²) >= 11 is 5.12. The molecule has 0 amide bonds. The number of aromatic amines is 1. The van der Waals surface area contributed by atoms with Crippen molar-refractivity contribution < 1.29 is 5.11 Å². The van der Waals surface area contributed by atoms with Gasteiger partial charge in [0.05, 0.1) is 0 Å². The van der Waals surface area contributed by atoms with Crippen LogP contribution in [0.3, 0.4) is 0 Å². The zero-order chi connectivity index (χ0) is 11.4. The predicted octanol–water partition coefficient (Wildman–Crippen LogP) is 2.40. The molecule has 0 aliphatic heterocycles. The van der Waals surface area contributed by atoms with Crippen LogP contribution in [0.25, 0.3) is 0 Å². The topological polar surface area (TPSA) is 53.8 Å². The first-order chi connectivity index (χ1) is 7.81. The Morgan fingerprint density at radius 3 is 2.88 bits per heavy atom. The monoisotopic (exact) mass is 241 g/mol. The van der Waals surface area contributed by atoms with Gasteiger partial charge in [0.1, 0.15) is 6.61 Å². The van der Waals surface area contributed by atoms with Crippen molar-refractivity contribution in [3.63, 3.8) is 0 Å². The summed E-state index contributed by atoms with van der Waals surface area (Å²) in [5.41, 5.74) is 0. The molecule has 5 heteroatoms. The van der Waals surface area contributed by atoms with E-state index >= 15 is 0 Å². The molecule has 2 rings (SSSR count). The Labute approximate surface area is 101 Å². The van der Waals surface area contributed by atoms with Gasteiger partial charge in [0.2, 0.25) is 0 Å². The third kappa shape index (κ3) is 2.71. The van der Waals surface area contributed by atoms with E-state index in [2.05, 4.69) is 10.2 Å². The average Bonchev–Trinajstić information content (AvgIpc) is 2.90. The number of aliphatic hydroxyl groups is 1. The standard InChI is InChI=1S/C11H19N3OS/c15-8-10-12-13-11(16)14(10)7-3-6-9-4-1-2-5-9/h9,15H,1-8H2,(H,13,16). The van der Waals surface area contributed by atoms with Gasteiger partial charge in [-0.1, -0.05) is 25.7 Å². The van der Waals surface area contributed by atoms with Crippen molar-refractivity contribution in [1.29, 1.82) is 0 Å². The number of hydrogen-bond acceptors (Lipinski definition) is 3. The van der Waals surface area contributed by atoms with Gasteiger partial charge < -0.3 is 9.67 Å². The van der Waals surface area contributed by atoms with Crippen LogP contribution in [-0.2, 0) is 13.2 Å². The number of aliphatic hydroxyl groups excluding tert-OH is 1. The number of aromatic nitrogens is 3. The van der Waals surface area contributed by atoms with Crippen molar-refractivity contribution in [3.8, 4) is 0 Å². The molecule has 1 fully saturated rings. The van der Waals surface area contributed by atoms with Crippen LogP contribution in [0.15, 0.2) is 0 Å². The molecule has 1 heterocycles. The maximum atomic E-state index is 9.09. The van der Waals surface area contributed by atoms with Gasteiger partial charge >= 0.3 is 0 Å². The number of rotatable bonds is 5. The van der Waals surface area contributed by atoms with E-state index in [4.69, 9.17) is 17.3 Å². The van der Waals surface area contributed by atoms with Crippen LogP contribution in [0.2, 0.25) is 0 Å². The third-order valence-electron chi connectivity index (χ3n) is 3.45. The Morgan fingerprint density at radius 1 is 1.44 bits per heavy atom. The highest BCUT2D eigenvalue weighted by Gasteiger charge is 2.14. The van der Waals surface area contributed by atoms with E-state index in [1.807, 2.05) is 4.57 Å². The van der Waals surface area contributed by atoms with Crippen LogP contribution in [0.4, 0.5) is 0 Å². The summed E-state index contributed by atoms with van der Waals surface area (Å²) in [7, 11) is 0. The Kier molecular flexibility index (Phi) is 4.12. The third-order valence-corrected chi connectivity index (χ3v) is 3.76. The second-order valence-electron chi connectivity index (χ2n) is 4.55. The van der Waals surface area contributed by atoms with Crippen LogP contribution in [0.5, 0.6) is 0 Å². The summed E-state index contributed by atoms with van der Waals surface area (Å²) in [5.74, 6) is 1.56. The largest absolute Gasteiger partial charge is 0.388 e. The molecule has 0 spiro atoms. The summed E-state index contributed by atoms with van der Waals surface area (Å²) in [5, 5.41) is 15.8. The predicted molar refractivity (Wildman–Crippen MR) is 64.5 cm³/mol. The first-order valence-corrected chi connectivity index (χ1v) is 6.47. The summed E-state index contributed by atoms with van der Waals surface area (Å²) in [6.07, 6.45) is 7.99. The molecule has 1 saturated carbocycles. The van der Waals surface area contributed by atoms with Crippen molar-refractivity contribution >= 4 is 12.2 Å². The van der Waals surface area contributed by atoms with Crippen LogP contribution in [0.1, 0.15) is 44.3 Å². The average molecular weight is 241 g/mol. The molecule has 4 nitrogen and oxygen atoms in total. The van der Waals surface area contributed by atoms with Crippen molar-refractivity contribution in [2.75, 3.05) is 0 Å². The van der Waals surface area contributed by atoms with Crippen LogP contribution < -0.4 is 0 Å². The SMILES string of the molecule is OCc1n[nH]c(=S)n1CCCC1CCCC1. The van der Waals surface area contributed by atoms with E-state index in [0.717, 1.165) is 18.9 Å². The van der Waals surface area contributed by atoms with E-state index in [9.17, 15) is 0 Å². The lowest BCUT2D eigenvalue weighted by Gasteiger charge is -2.09. The van der Waals surface area contributed by atoms with Crippen molar-refractivity contribution in [2.45, 2.75) is 51.7 Å². The molecule has 1 aliphatic carbocycles. The van der Waals surface area contributed by atoms with Gasteiger partial charge in [0.15, 0.2) is 10.6 Å². The van der Waals surface area contributed by atoms with Crippen molar-refractivity contribution in [2.24, 2.45) is 5.92 Å². The highest BCUT2D eigenvalue weighted by atomic mass is 32.1. The Bertz CT molecular complexity index is 379. The highest BCUT2D eigenvalue weighted by molar-refractivity contribution is 7.71. The summed E-state index contributed by atoms with van der Waals surface area (Å²) in [4.78, 5) is 0. The quantitative estimate of drug-likeness (QED) is 0.778. The van der Waals surface area contributed by atoms with Gasteiger partial charge in [0.25, 0.3) is 0 Å². The smallest absolute Gasteiger partial charge is 0.195 e. The van der Waals surface area contributed by atoms with Gasteiger partial charge in [-0.05, 0) is 31.0 Å². The van der Waals surface area contributed by atoms with E-state index < -0.39 is 0 Å². The molecule has 0 aromatic carbocycles. The molecule has 0 atom stereocenters. The normalized spacial score (nSPS) is 17.1. The zero-order valence-electron chi connectivity index (χ0n) is 9.48. The molecule has 1 aromatic heterocycles. The summed E-state index contributed by atoms with van der Waals surface area (Å²) in [6, 6.07) is 0. The minimum absolute atomic E-state index is 0.0451. The second-order valence-corrected chi connectivity index (χ2v) is 4.93. The fourth-order valence-corrected chi connectivity index (χ4v) is 2.78. The number of nitrogens with one attached hydrogen (secondary N) is 1. The first-order valence-electron chi connectivity index (χ1n) is 6.06. The van der Waals surface area contributed by atoms with Crippen molar-refractivity contribution in [1.82, 2.24) is 14.8 Å². The number of hydrogen-bond donors (Lipinski definition) is 2. The Hall–Kier alpha value is -0.680. The minimum atomic E-state index is -0.0451. The molecule has 0 bridgehead atoms. The molecule has 2 N–H and O–H groups in total. The fraction of sp³-hybridized carbons (Fsp3) is 0.818. The molecular weight excluding hydrogens is 222 g/mol. The van der Waals surface area contributed by atoms with E-state index in [-0.39, 0.29) is 6.61 Å². The summed E-state index contributed by atoms with van der Waals surface area (Å²) < 4.78 is 2.53. The molecule has 0 saturated heterocycles. The van der Waals surface area contributed by atoms with Gasteiger partial charge in [-0.25, -0.2) is 0 Å². The minimum Gasteiger partial charge on any atom is -0.388 e. The lowest BCUT2D eigenvalue weighted by atomic mass is 10.0. The molecule has 1 aromatic rings. The van der Waals surface area contributed by atoms with Crippen LogP contribution in [0, 0.1) is 10.7 Å². The van der Waals surface area contributed by atoms with Gasteiger partial charge in [-0.3, -0.25) is 5.10 Å². The molecule has 0 unspecified atom stereocenters. The van der Waals surface area contributed by atoms with E-state index in [0.29, 0.717) is 10.6 Å². The van der Waals surface area contributed by atoms with Crippen LogP contribution >= 0.6 is 12.2 Å². The Morgan fingerprint density at radius 2 is 2.19 bits per heavy atom.